The second-order valence-corrected chi connectivity index (χ2v) is 4.69. The van der Waals surface area contributed by atoms with Crippen LogP contribution in [0.2, 0.25) is 0 Å². The Hall–Kier alpha value is -2.27. The Bertz CT molecular complexity index is 734. The van der Waals surface area contributed by atoms with Crippen LogP contribution < -0.4 is 5.73 Å². The number of fused-ring (bicyclic) bond motifs is 1. The first kappa shape index (κ1) is 11.8. The van der Waals surface area contributed by atoms with E-state index in [0.717, 1.165) is 22.3 Å². The Balaban J connectivity index is 2.04. The second-order valence-electron chi connectivity index (χ2n) is 4.25. The number of aromatic nitrogens is 3. The van der Waals surface area contributed by atoms with Crippen LogP contribution in [0.15, 0.2) is 48.9 Å². The molecule has 0 aliphatic carbocycles. The summed E-state index contributed by atoms with van der Waals surface area (Å²) in [7, 11) is 0. The molecule has 2 aromatic heterocycles. The van der Waals surface area contributed by atoms with Crippen LogP contribution in [-0.2, 0) is 6.54 Å². The molecule has 1 aromatic carbocycles. The van der Waals surface area contributed by atoms with Crippen LogP contribution in [0.1, 0.15) is 11.4 Å². The quantitative estimate of drug-likeness (QED) is 0.739. The largest absolute Gasteiger partial charge is 0.389 e. The molecule has 0 amide bonds. The van der Waals surface area contributed by atoms with Gasteiger partial charge >= 0.3 is 0 Å². The summed E-state index contributed by atoms with van der Waals surface area (Å²) in [5, 5.41) is 1.15. The van der Waals surface area contributed by atoms with Gasteiger partial charge in [0, 0.05) is 29.7 Å². The minimum Gasteiger partial charge on any atom is -0.389 e. The molecule has 94 valence electrons. The predicted molar refractivity (Wildman–Crippen MR) is 79.0 cm³/mol. The Morgan fingerprint density at radius 3 is 2.74 bits per heavy atom. The molecule has 0 bridgehead atoms. The molecule has 5 heteroatoms. The number of benzene rings is 1. The molecule has 3 aromatic rings. The standard InChI is InChI=1S/C14H12N4S/c15-14(19)11-3-2-10-4-7-18(12(10)8-11)9-13-16-5-1-6-17-13/h1-8H,9H2,(H2,15,19). The maximum atomic E-state index is 5.67. The lowest BCUT2D eigenvalue weighted by atomic mass is 10.1. The molecule has 4 nitrogen and oxygen atoms in total. The van der Waals surface area contributed by atoms with Gasteiger partial charge in [-0.05, 0) is 23.6 Å². The number of hydrogen-bond donors (Lipinski definition) is 1. The first-order chi connectivity index (χ1) is 9.24. The maximum absolute atomic E-state index is 5.67. The number of hydrogen-bond acceptors (Lipinski definition) is 3. The van der Waals surface area contributed by atoms with Gasteiger partial charge in [-0.2, -0.15) is 0 Å². The van der Waals surface area contributed by atoms with Gasteiger partial charge in [0.2, 0.25) is 0 Å². The van der Waals surface area contributed by atoms with Crippen molar-refractivity contribution in [2.24, 2.45) is 5.73 Å². The Morgan fingerprint density at radius 1 is 1.21 bits per heavy atom. The lowest BCUT2D eigenvalue weighted by molar-refractivity contribution is 0.771. The lowest BCUT2D eigenvalue weighted by Gasteiger charge is -2.05. The summed E-state index contributed by atoms with van der Waals surface area (Å²) < 4.78 is 2.09. The van der Waals surface area contributed by atoms with E-state index in [0.29, 0.717) is 11.5 Å². The second kappa shape index (κ2) is 4.78. The normalized spacial score (nSPS) is 10.7. The van der Waals surface area contributed by atoms with Crippen molar-refractivity contribution in [3.63, 3.8) is 0 Å². The van der Waals surface area contributed by atoms with E-state index in [9.17, 15) is 0 Å². The van der Waals surface area contributed by atoms with Crippen LogP contribution in [0.4, 0.5) is 0 Å². The van der Waals surface area contributed by atoms with Gasteiger partial charge in [0.15, 0.2) is 0 Å². The summed E-state index contributed by atoms with van der Waals surface area (Å²) in [6.45, 7) is 0.630. The molecule has 0 saturated heterocycles. The smallest absolute Gasteiger partial charge is 0.147 e. The van der Waals surface area contributed by atoms with Gasteiger partial charge in [0.25, 0.3) is 0 Å². The van der Waals surface area contributed by atoms with E-state index in [-0.39, 0.29) is 0 Å². The zero-order chi connectivity index (χ0) is 13.2. The van der Waals surface area contributed by atoms with E-state index in [1.807, 2.05) is 30.5 Å². The lowest BCUT2D eigenvalue weighted by Crippen LogP contribution is -2.09. The first-order valence-electron chi connectivity index (χ1n) is 5.88. The number of thiocarbonyl (C=S) groups is 1. The fraction of sp³-hybridized carbons (Fsp3) is 0.0714. The van der Waals surface area contributed by atoms with Crippen molar-refractivity contribution in [1.82, 2.24) is 14.5 Å². The van der Waals surface area contributed by atoms with Gasteiger partial charge in [-0.15, -0.1) is 0 Å². The van der Waals surface area contributed by atoms with Gasteiger partial charge in [0.1, 0.15) is 10.8 Å². The van der Waals surface area contributed by atoms with Gasteiger partial charge in [0.05, 0.1) is 6.54 Å². The summed E-state index contributed by atoms with van der Waals surface area (Å²) in [4.78, 5) is 8.88. The molecule has 2 heterocycles. The topological polar surface area (TPSA) is 56.7 Å². The highest BCUT2D eigenvalue weighted by Crippen LogP contribution is 2.18. The molecule has 3 rings (SSSR count). The molecule has 0 aliphatic heterocycles. The molecular weight excluding hydrogens is 256 g/mol. The van der Waals surface area contributed by atoms with Crippen molar-refractivity contribution < 1.29 is 0 Å². The van der Waals surface area contributed by atoms with E-state index in [1.54, 1.807) is 12.4 Å². The molecular formula is C14H12N4S. The Kier molecular flexibility index (Phi) is 2.97. The van der Waals surface area contributed by atoms with Gasteiger partial charge < -0.3 is 10.3 Å². The zero-order valence-corrected chi connectivity index (χ0v) is 11.0. The van der Waals surface area contributed by atoms with Crippen LogP contribution in [0, 0.1) is 0 Å². The Morgan fingerprint density at radius 2 is 2.00 bits per heavy atom. The van der Waals surface area contributed by atoms with Crippen LogP contribution in [-0.4, -0.2) is 19.5 Å². The highest BCUT2D eigenvalue weighted by atomic mass is 32.1. The minimum atomic E-state index is 0.408. The molecule has 0 unspecified atom stereocenters. The third kappa shape index (κ3) is 2.32. The summed E-state index contributed by atoms with van der Waals surface area (Å²) >= 11 is 5.02. The fourth-order valence-electron chi connectivity index (χ4n) is 2.04. The molecule has 0 radical (unpaired) electrons. The van der Waals surface area contributed by atoms with Crippen molar-refractivity contribution in [3.8, 4) is 0 Å². The van der Waals surface area contributed by atoms with E-state index >= 15 is 0 Å². The van der Waals surface area contributed by atoms with Gasteiger partial charge in [-0.3, -0.25) is 0 Å². The SMILES string of the molecule is NC(=S)c1ccc2ccn(Cc3ncccn3)c2c1. The number of nitrogens with two attached hydrogens (primary N) is 1. The highest BCUT2D eigenvalue weighted by Gasteiger charge is 2.05. The average Bonchev–Trinajstić information content (AvgIpc) is 2.82. The van der Waals surface area contributed by atoms with E-state index in [2.05, 4.69) is 20.6 Å². The molecule has 0 atom stereocenters. The number of rotatable bonds is 3. The van der Waals surface area contributed by atoms with Crippen molar-refractivity contribution in [2.75, 3.05) is 0 Å². The Labute approximate surface area is 115 Å². The van der Waals surface area contributed by atoms with Crippen LogP contribution in [0.25, 0.3) is 10.9 Å². The molecule has 0 aliphatic rings. The molecule has 0 spiro atoms. The third-order valence-electron chi connectivity index (χ3n) is 2.99. The van der Waals surface area contributed by atoms with Crippen LogP contribution in [0.3, 0.4) is 0 Å². The molecule has 0 saturated carbocycles. The van der Waals surface area contributed by atoms with Crippen molar-refractivity contribution in [1.29, 1.82) is 0 Å². The molecule has 19 heavy (non-hydrogen) atoms. The summed E-state index contributed by atoms with van der Waals surface area (Å²) in [5.41, 5.74) is 7.63. The summed E-state index contributed by atoms with van der Waals surface area (Å²) in [5.74, 6) is 0.778. The average molecular weight is 268 g/mol. The maximum Gasteiger partial charge on any atom is 0.147 e. The monoisotopic (exact) mass is 268 g/mol. The van der Waals surface area contributed by atoms with E-state index in [4.69, 9.17) is 18.0 Å². The predicted octanol–water partition coefficient (Wildman–Crippen LogP) is 2.11. The van der Waals surface area contributed by atoms with Gasteiger partial charge in [-0.25, -0.2) is 9.97 Å². The van der Waals surface area contributed by atoms with E-state index < -0.39 is 0 Å². The molecule has 2 N–H and O–H groups in total. The van der Waals surface area contributed by atoms with Crippen LogP contribution >= 0.6 is 12.2 Å². The van der Waals surface area contributed by atoms with Crippen molar-refractivity contribution in [3.05, 3.63) is 60.3 Å². The highest BCUT2D eigenvalue weighted by molar-refractivity contribution is 7.80. The zero-order valence-electron chi connectivity index (χ0n) is 10.2. The van der Waals surface area contributed by atoms with Crippen molar-refractivity contribution >= 4 is 28.1 Å². The molecule has 0 fully saturated rings. The minimum absolute atomic E-state index is 0.408. The number of nitrogens with zero attached hydrogens (tertiary/aromatic N) is 3. The van der Waals surface area contributed by atoms with Gasteiger partial charge in [-0.1, -0.05) is 24.4 Å². The third-order valence-corrected chi connectivity index (χ3v) is 3.23. The summed E-state index contributed by atoms with van der Waals surface area (Å²) in [6.07, 6.45) is 5.51. The van der Waals surface area contributed by atoms with Crippen LogP contribution in [0.5, 0.6) is 0 Å². The van der Waals surface area contributed by atoms with E-state index in [1.165, 1.54) is 0 Å². The summed E-state index contributed by atoms with van der Waals surface area (Å²) in [6, 6.07) is 9.82. The fourth-order valence-corrected chi connectivity index (χ4v) is 2.17. The first-order valence-corrected chi connectivity index (χ1v) is 6.29. The van der Waals surface area contributed by atoms with Crippen molar-refractivity contribution in [2.45, 2.75) is 6.54 Å².